The fraction of sp³-hybridized carbons (Fsp3) is 0.213. The van der Waals surface area contributed by atoms with Gasteiger partial charge in [-0.25, -0.2) is 9.97 Å². The Balaban J connectivity index is 1.27. The maximum absolute atomic E-state index is 5.39. The Morgan fingerprint density at radius 1 is 0.446 bits per heavy atom. The molecule has 0 unspecified atom stereocenters. The number of hydrogen-bond acceptors (Lipinski definition) is 2. The van der Waals surface area contributed by atoms with Gasteiger partial charge in [-0.1, -0.05) is 201 Å². The summed E-state index contributed by atoms with van der Waals surface area (Å²) in [6.45, 7) is 18.3. The number of para-hydroxylation sites is 2. The molecule has 65 heavy (non-hydrogen) atoms. The van der Waals surface area contributed by atoms with E-state index in [0.717, 1.165) is 39.2 Å². The number of aromatic nitrogens is 4. The quantitative estimate of drug-likeness (QED) is 0.0960. The van der Waals surface area contributed by atoms with Crippen molar-refractivity contribution in [1.82, 2.24) is 18.9 Å². The number of hydrogen-bond donors (Lipinski definition) is 0. The first-order valence-electron chi connectivity index (χ1n) is 23.4. The van der Waals surface area contributed by atoms with Crippen molar-refractivity contribution in [3.05, 3.63) is 227 Å². The molecule has 4 nitrogen and oxygen atoms in total. The van der Waals surface area contributed by atoms with E-state index in [-0.39, 0.29) is 0 Å². The van der Waals surface area contributed by atoms with Crippen LogP contribution in [0.4, 0.5) is 0 Å². The lowest BCUT2D eigenvalue weighted by molar-refractivity contribution is 0.746. The second-order valence-electron chi connectivity index (χ2n) is 19.0. The maximum Gasteiger partial charge on any atom is 0.145 e. The zero-order valence-electron chi connectivity index (χ0n) is 38.9. The molecule has 0 atom stereocenters. The highest BCUT2D eigenvalue weighted by Crippen LogP contribution is 2.48. The number of pyridine rings is 1. The van der Waals surface area contributed by atoms with Gasteiger partial charge < -0.3 is 0 Å². The number of benzene rings is 7. The smallest absolute Gasteiger partial charge is 0.145 e. The minimum Gasteiger partial charge on any atom is -0.299 e. The highest BCUT2D eigenvalue weighted by atomic mass is 15.1. The third-order valence-corrected chi connectivity index (χ3v) is 13.7. The lowest BCUT2D eigenvalue weighted by Crippen LogP contribution is -2.31. The van der Waals surface area contributed by atoms with Gasteiger partial charge in [0.2, 0.25) is 0 Å². The van der Waals surface area contributed by atoms with E-state index in [1.807, 2.05) is 6.20 Å². The van der Waals surface area contributed by atoms with Gasteiger partial charge in [-0.05, 0) is 91.8 Å². The molecule has 0 fully saturated rings. The van der Waals surface area contributed by atoms with E-state index in [1.54, 1.807) is 0 Å². The Labute approximate surface area is 384 Å². The molecule has 0 aliphatic rings. The fourth-order valence-electron chi connectivity index (χ4n) is 10.7. The third-order valence-electron chi connectivity index (χ3n) is 13.7. The van der Waals surface area contributed by atoms with Gasteiger partial charge >= 0.3 is 0 Å². The molecular formula is C61H58N4. The molecule has 322 valence electrons. The summed E-state index contributed by atoms with van der Waals surface area (Å²) in [5, 5.41) is 3.51. The van der Waals surface area contributed by atoms with Gasteiger partial charge in [0.1, 0.15) is 11.5 Å². The molecule has 0 spiro atoms. The Kier molecular flexibility index (Phi) is 10.9. The molecule has 0 aliphatic carbocycles. The lowest BCUT2D eigenvalue weighted by atomic mass is 9.64. The van der Waals surface area contributed by atoms with E-state index < -0.39 is 5.41 Å². The van der Waals surface area contributed by atoms with Gasteiger partial charge in [-0.2, -0.15) is 0 Å². The fourth-order valence-corrected chi connectivity index (χ4v) is 10.7. The zero-order valence-corrected chi connectivity index (χ0v) is 38.9. The molecule has 0 radical (unpaired) electrons. The topological polar surface area (TPSA) is 35.1 Å². The average Bonchev–Trinajstić information content (AvgIpc) is 4.01. The first-order valence-corrected chi connectivity index (χ1v) is 23.4. The summed E-state index contributed by atoms with van der Waals surface area (Å²) in [6, 6.07) is 60.8. The van der Waals surface area contributed by atoms with Crippen molar-refractivity contribution in [1.29, 1.82) is 0 Å². The Bertz CT molecular complexity index is 3240. The summed E-state index contributed by atoms with van der Waals surface area (Å²) >= 11 is 0. The van der Waals surface area contributed by atoms with Crippen LogP contribution in [-0.2, 0) is 5.41 Å². The van der Waals surface area contributed by atoms with Crippen LogP contribution < -0.4 is 0 Å². The Morgan fingerprint density at radius 2 is 0.985 bits per heavy atom. The lowest BCUT2D eigenvalue weighted by Gasteiger charge is -2.37. The zero-order chi connectivity index (χ0) is 45.0. The van der Waals surface area contributed by atoms with Crippen LogP contribution in [0, 0.1) is 0 Å². The van der Waals surface area contributed by atoms with Crippen LogP contribution in [0.1, 0.15) is 124 Å². The molecule has 10 aromatic rings. The van der Waals surface area contributed by atoms with Crippen molar-refractivity contribution in [2.45, 2.75) is 84.5 Å². The van der Waals surface area contributed by atoms with Crippen LogP contribution in [0.3, 0.4) is 0 Å². The van der Waals surface area contributed by atoms with Gasteiger partial charge in [0.25, 0.3) is 0 Å². The standard InChI is InChI=1S/C61H58N4/c1-39(2)48-27-18-28-49(40(3)4)57(48)56-38-63-60-54-37-47(32-33-52(54)53-26-15-16-31-55(53)65(56)60)61(44-21-11-9-12-22-44,45-23-13-10-14-24-45)46-25-17-20-43(36-46)59-62-34-35-64(59)58-50(41(5)6)29-19-30-51(58)42(7)8/h9-42H,1-8H3. The minimum atomic E-state index is -0.712. The molecule has 3 aromatic heterocycles. The second-order valence-corrected chi connectivity index (χ2v) is 19.0. The summed E-state index contributed by atoms with van der Waals surface area (Å²) in [7, 11) is 0. The molecule has 7 aromatic carbocycles. The van der Waals surface area contributed by atoms with Crippen molar-refractivity contribution in [3.63, 3.8) is 0 Å². The van der Waals surface area contributed by atoms with E-state index >= 15 is 0 Å². The van der Waals surface area contributed by atoms with Gasteiger partial charge in [-0.15, -0.1) is 0 Å². The SMILES string of the molecule is CC(C)c1cccc(C(C)C)c1-c1cnc2c3cc(C(c4ccccc4)(c4ccccc4)c4cccc(-c5nccn5-c5c(C(C)C)cccc5C(C)C)c4)ccc3c3ccccc3n12. The van der Waals surface area contributed by atoms with Crippen LogP contribution in [0.2, 0.25) is 0 Å². The predicted octanol–water partition coefficient (Wildman–Crippen LogP) is 16.0. The van der Waals surface area contributed by atoms with Crippen molar-refractivity contribution < 1.29 is 0 Å². The van der Waals surface area contributed by atoms with Crippen LogP contribution in [0.5, 0.6) is 0 Å². The molecule has 3 heterocycles. The highest BCUT2D eigenvalue weighted by Gasteiger charge is 2.39. The van der Waals surface area contributed by atoms with Gasteiger partial charge in [-0.3, -0.25) is 8.97 Å². The Morgan fingerprint density at radius 3 is 1.60 bits per heavy atom. The minimum absolute atomic E-state index is 0.346. The summed E-state index contributed by atoms with van der Waals surface area (Å²) in [4.78, 5) is 10.5. The van der Waals surface area contributed by atoms with Crippen molar-refractivity contribution in [2.24, 2.45) is 0 Å². The van der Waals surface area contributed by atoms with E-state index in [2.05, 4.69) is 241 Å². The first kappa shape index (κ1) is 41.9. The third kappa shape index (κ3) is 6.90. The van der Waals surface area contributed by atoms with Crippen molar-refractivity contribution >= 4 is 27.3 Å². The molecule has 0 bridgehead atoms. The van der Waals surface area contributed by atoms with E-state index in [4.69, 9.17) is 9.97 Å². The van der Waals surface area contributed by atoms with E-state index in [9.17, 15) is 0 Å². The molecule has 4 heteroatoms. The molecule has 0 amide bonds. The van der Waals surface area contributed by atoms with Crippen LogP contribution >= 0.6 is 0 Å². The second kappa shape index (κ2) is 16.8. The summed E-state index contributed by atoms with van der Waals surface area (Å²) in [6.07, 6.45) is 6.21. The first-order chi connectivity index (χ1) is 31.6. The molecule has 0 saturated carbocycles. The predicted molar refractivity (Wildman–Crippen MR) is 273 cm³/mol. The molecule has 10 rings (SSSR count). The van der Waals surface area contributed by atoms with Gasteiger partial charge in [0, 0.05) is 34.3 Å². The number of imidazole rings is 2. The molecule has 0 N–H and O–H groups in total. The van der Waals surface area contributed by atoms with Crippen LogP contribution in [0.25, 0.3) is 55.7 Å². The van der Waals surface area contributed by atoms with Gasteiger partial charge in [0.05, 0.1) is 28.5 Å². The molecule has 0 saturated heterocycles. The largest absolute Gasteiger partial charge is 0.299 e. The van der Waals surface area contributed by atoms with Crippen LogP contribution in [-0.4, -0.2) is 18.9 Å². The van der Waals surface area contributed by atoms with Crippen molar-refractivity contribution in [3.8, 4) is 28.3 Å². The van der Waals surface area contributed by atoms with E-state index in [1.165, 1.54) is 61.0 Å². The molecule has 0 aliphatic heterocycles. The average molecular weight is 847 g/mol. The highest BCUT2D eigenvalue weighted by molar-refractivity contribution is 6.12. The van der Waals surface area contributed by atoms with E-state index in [0.29, 0.717) is 23.7 Å². The summed E-state index contributed by atoms with van der Waals surface area (Å²) < 4.78 is 4.76. The number of rotatable bonds is 11. The normalized spacial score (nSPS) is 12.2. The van der Waals surface area contributed by atoms with Crippen LogP contribution in [0.15, 0.2) is 182 Å². The van der Waals surface area contributed by atoms with Crippen molar-refractivity contribution in [2.75, 3.05) is 0 Å². The van der Waals surface area contributed by atoms with Gasteiger partial charge in [0.15, 0.2) is 0 Å². The summed E-state index contributed by atoms with van der Waals surface area (Å²) in [5.41, 5.74) is 16.2. The number of fused-ring (bicyclic) bond motifs is 6. The monoisotopic (exact) mass is 846 g/mol. The Hall–Kier alpha value is -7.04. The number of nitrogens with zero attached hydrogens (tertiary/aromatic N) is 4. The molecular weight excluding hydrogens is 789 g/mol. The summed E-state index contributed by atoms with van der Waals surface area (Å²) in [5.74, 6) is 2.32. The maximum atomic E-state index is 5.39.